The van der Waals surface area contributed by atoms with E-state index in [0.717, 1.165) is 17.5 Å². The monoisotopic (exact) mass is 288 g/mol. The molecule has 4 nitrogen and oxygen atoms in total. The third kappa shape index (κ3) is 4.81. The van der Waals surface area contributed by atoms with Gasteiger partial charge >= 0.3 is 0 Å². The minimum atomic E-state index is 0.0757. The number of hydrogen-bond donors (Lipinski definition) is 1. The summed E-state index contributed by atoms with van der Waals surface area (Å²) in [6.45, 7) is 2.26. The lowest BCUT2D eigenvalue weighted by Gasteiger charge is -2.10. The first-order valence-electron chi connectivity index (χ1n) is 8.35. The molecule has 0 aliphatic carbocycles. The van der Waals surface area contributed by atoms with Gasteiger partial charge in [-0.1, -0.05) is 58.3 Å². The summed E-state index contributed by atoms with van der Waals surface area (Å²) in [7, 11) is 0. The van der Waals surface area contributed by atoms with E-state index in [-0.39, 0.29) is 6.04 Å². The minimum Gasteiger partial charge on any atom is -0.324 e. The number of rotatable bonds is 10. The van der Waals surface area contributed by atoms with Gasteiger partial charge < -0.3 is 5.73 Å². The molecule has 0 fully saturated rings. The predicted molar refractivity (Wildman–Crippen MR) is 87.1 cm³/mol. The Labute approximate surface area is 127 Å². The standard InChI is InChI=1S/C17H28N4/c1-2-3-4-5-6-7-8-9-10-16(18)15-13-20-21-12-11-19-14-17(15)21/h11-14,16H,2-10,18H2,1H3. The lowest BCUT2D eigenvalue weighted by molar-refractivity contribution is 0.537. The Morgan fingerprint density at radius 2 is 1.76 bits per heavy atom. The van der Waals surface area contributed by atoms with Gasteiger partial charge in [0, 0.05) is 24.0 Å². The first-order chi connectivity index (χ1) is 10.3. The SMILES string of the molecule is CCCCCCCCCCC(N)c1cnn2ccncc12. The van der Waals surface area contributed by atoms with Crippen molar-refractivity contribution in [1.29, 1.82) is 0 Å². The van der Waals surface area contributed by atoms with E-state index in [1.54, 1.807) is 6.20 Å². The van der Waals surface area contributed by atoms with Crippen LogP contribution in [0.5, 0.6) is 0 Å². The molecule has 2 rings (SSSR count). The van der Waals surface area contributed by atoms with Crippen LogP contribution in [0, 0.1) is 0 Å². The van der Waals surface area contributed by atoms with Crippen molar-refractivity contribution in [2.24, 2.45) is 5.73 Å². The van der Waals surface area contributed by atoms with Crippen LogP contribution in [-0.2, 0) is 0 Å². The van der Waals surface area contributed by atoms with Gasteiger partial charge in [0.15, 0.2) is 0 Å². The predicted octanol–water partition coefficient (Wildman–Crippen LogP) is 4.26. The molecule has 2 aromatic rings. The van der Waals surface area contributed by atoms with Gasteiger partial charge in [-0.25, -0.2) is 4.52 Å². The van der Waals surface area contributed by atoms with Gasteiger partial charge in [-0.15, -0.1) is 0 Å². The molecular formula is C17H28N4. The molecule has 0 bridgehead atoms. The maximum atomic E-state index is 6.30. The Morgan fingerprint density at radius 1 is 1.05 bits per heavy atom. The zero-order chi connectivity index (χ0) is 14.9. The Bertz CT molecular complexity index is 520. The van der Waals surface area contributed by atoms with Gasteiger partial charge in [0.2, 0.25) is 0 Å². The molecule has 0 aliphatic rings. The van der Waals surface area contributed by atoms with Crippen LogP contribution in [0.1, 0.15) is 76.3 Å². The Balaban J connectivity index is 1.67. The van der Waals surface area contributed by atoms with Crippen molar-refractivity contribution in [3.05, 3.63) is 30.4 Å². The van der Waals surface area contributed by atoms with Gasteiger partial charge in [-0.05, 0) is 6.42 Å². The van der Waals surface area contributed by atoms with E-state index < -0.39 is 0 Å². The van der Waals surface area contributed by atoms with Crippen LogP contribution in [-0.4, -0.2) is 14.6 Å². The number of aromatic nitrogens is 3. The zero-order valence-corrected chi connectivity index (χ0v) is 13.2. The summed E-state index contributed by atoms with van der Waals surface area (Å²) in [6.07, 6.45) is 19.1. The molecule has 0 saturated heterocycles. The second kappa shape index (κ2) is 8.78. The lowest BCUT2D eigenvalue weighted by Crippen LogP contribution is -2.09. The van der Waals surface area contributed by atoms with Crippen LogP contribution < -0.4 is 5.73 Å². The van der Waals surface area contributed by atoms with E-state index in [2.05, 4.69) is 17.0 Å². The summed E-state index contributed by atoms with van der Waals surface area (Å²) < 4.78 is 1.84. The largest absolute Gasteiger partial charge is 0.324 e. The van der Waals surface area contributed by atoms with Crippen LogP contribution >= 0.6 is 0 Å². The fourth-order valence-corrected chi connectivity index (χ4v) is 2.79. The molecule has 116 valence electrons. The summed E-state index contributed by atoms with van der Waals surface area (Å²) in [5, 5.41) is 4.32. The average Bonchev–Trinajstić information content (AvgIpc) is 2.94. The number of nitrogens with two attached hydrogens (primary N) is 1. The minimum absolute atomic E-state index is 0.0757. The Hall–Kier alpha value is -1.42. The number of hydrogen-bond acceptors (Lipinski definition) is 3. The number of nitrogens with zero attached hydrogens (tertiary/aromatic N) is 3. The van der Waals surface area contributed by atoms with E-state index in [1.165, 1.54) is 51.4 Å². The van der Waals surface area contributed by atoms with Crippen LogP contribution in [0.4, 0.5) is 0 Å². The van der Waals surface area contributed by atoms with Crippen molar-refractivity contribution in [2.75, 3.05) is 0 Å². The molecule has 0 saturated carbocycles. The van der Waals surface area contributed by atoms with Crippen molar-refractivity contribution in [2.45, 2.75) is 70.8 Å². The molecule has 0 amide bonds. The van der Waals surface area contributed by atoms with E-state index in [9.17, 15) is 0 Å². The van der Waals surface area contributed by atoms with Crippen LogP contribution in [0.2, 0.25) is 0 Å². The quantitative estimate of drug-likeness (QED) is 0.665. The molecule has 2 heterocycles. The molecular weight excluding hydrogens is 260 g/mol. The number of fused-ring (bicyclic) bond motifs is 1. The maximum Gasteiger partial charge on any atom is 0.0892 e. The van der Waals surface area contributed by atoms with E-state index in [4.69, 9.17) is 5.73 Å². The summed E-state index contributed by atoms with van der Waals surface area (Å²) >= 11 is 0. The van der Waals surface area contributed by atoms with Gasteiger partial charge in [0.25, 0.3) is 0 Å². The highest BCUT2D eigenvalue weighted by Gasteiger charge is 2.11. The van der Waals surface area contributed by atoms with Gasteiger partial charge in [-0.2, -0.15) is 5.10 Å². The molecule has 21 heavy (non-hydrogen) atoms. The third-order valence-corrected chi connectivity index (χ3v) is 4.12. The molecule has 2 aromatic heterocycles. The second-order valence-corrected chi connectivity index (χ2v) is 5.88. The van der Waals surface area contributed by atoms with Crippen LogP contribution in [0.25, 0.3) is 5.52 Å². The average molecular weight is 288 g/mol. The summed E-state index contributed by atoms with van der Waals surface area (Å²) in [4.78, 5) is 4.16. The topological polar surface area (TPSA) is 56.2 Å². The highest BCUT2D eigenvalue weighted by atomic mass is 15.2. The Kier molecular flexibility index (Phi) is 6.67. The van der Waals surface area contributed by atoms with Crippen molar-refractivity contribution in [3.8, 4) is 0 Å². The molecule has 0 aromatic carbocycles. The molecule has 4 heteroatoms. The van der Waals surface area contributed by atoms with Gasteiger partial charge in [0.1, 0.15) is 0 Å². The van der Waals surface area contributed by atoms with Crippen LogP contribution in [0.15, 0.2) is 24.8 Å². The molecule has 2 N–H and O–H groups in total. The summed E-state index contributed by atoms with van der Waals surface area (Å²) in [6, 6.07) is 0.0757. The molecule has 0 spiro atoms. The smallest absolute Gasteiger partial charge is 0.0892 e. The maximum absolute atomic E-state index is 6.30. The molecule has 1 atom stereocenters. The van der Waals surface area contributed by atoms with Crippen molar-refractivity contribution in [1.82, 2.24) is 14.6 Å². The fourth-order valence-electron chi connectivity index (χ4n) is 2.79. The third-order valence-electron chi connectivity index (χ3n) is 4.12. The van der Waals surface area contributed by atoms with Crippen molar-refractivity contribution < 1.29 is 0 Å². The lowest BCUT2D eigenvalue weighted by atomic mass is 10.0. The van der Waals surface area contributed by atoms with E-state index in [1.807, 2.05) is 23.1 Å². The van der Waals surface area contributed by atoms with Crippen molar-refractivity contribution >= 4 is 5.52 Å². The van der Waals surface area contributed by atoms with Gasteiger partial charge in [0.05, 0.1) is 17.9 Å². The fraction of sp³-hybridized carbons (Fsp3) is 0.647. The normalized spacial score (nSPS) is 12.9. The summed E-state index contributed by atoms with van der Waals surface area (Å²) in [5.41, 5.74) is 8.45. The first kappa shape index (κ1) is 16.0. The van der Waals surface area contributed by atoms with E-state index in [0.29, 0.717) is 0 Å². The zero-order valence-electron chi connectivity index (χ0n) is 13.2. The first-order valence-corrected chi connectivity index (χ1v) is 8.35. The molecule has 0 radical (unpaired) electrons. The highest BCUT2D eigenvalue weighted by Crippen LogP contribution is 2.21. The second-order valence-electron chi connectivity index (χ2n) is 5.88. The Morgan fingerprint density at radius 3 is 2.52 bits per heavy atom. The van der Waals surface area contributed by atoms with Gasteiger partial charge in [-0.3, -0.25) is 4.98 Å². The number of unbranched alkanes of at least 4 members (excludes halogenated alkanes) is 7. The van der Waals surface area contributed by atoms with Crippen LogP contribution in [0.3, 0.4) is 0 Å². The van der Waals surface area contributed by atoms with E-state index >= 15 is 0 Å². The summed E-state index contributed by atoms with van der Waals surface area (Å²) in [5.74, 6) is 0. The highest BCUT2D eigenvalue weighted by molar-refractivity contribution is 5.52. The van der Waals surface area contributed by atoms with Crippen molar-refractivity contribution in [3.63, 3.8) is 0 Å². The molecule has 1 unspecified atom stereocenters. The molecule has 0 aliphatic heterocycles.